The normalized spacial score (nSPS) is 11.1. The summed E-state index contributed by atoms with van der Waals surface area (Å²) in [6, 6.07) is 6.01. The number of hydrogen-bond donors (Lipinski definition) is 0. The molecule has 1 aromatic heterocycles. The van der Waals surface area contributed by atoms with Gasteiger partial charge < -0.3 is 0 Å². The lowest BCUT2D eigenvalue weighted by molar-refractivity contribution is 0.103. The second-order valence-corrected chi connectivity index (χ2v) is 4.27. The molecule has 3 nitrogen and oxygen atoms in total. The SMILES string of the molecule is CCn1nccc1C(=O)C=Cc1c(F)cccc1Cl. The number of rotatable bonds is 4. The van der Waals surface area contributed by atoms with E-state index in [-0.39, 0.29) is 16.4 Å². The van der Waals surface area contributed by atoms with Gasteiger partial charge in [-0.2, -0.15) is 5.10 Å². The molecule has 0 radical (unpaired) electrons. The fourth-order valence-corrected chi connectivity index (χ4v) is 1.93. The Bertz CT molecular complexity index is 614. The third-order valence-electron chi connectivity index (χ3n) is 2.67. The Hall–Kier alpha value is -1.94. The second-order valence-electron chi connectivity index (χ2n) is 3.87. The van der Waals surface area contributed by atoms with E-state index in [1.165, 1.54) is 24.3 Å². The van der Waals surface area contributed by atoms with Crippen LogP contribution < -0.4 is 0 Å². The first-order chi connectivity index (χ1) is 9.13. The number of hydrogen-bond acceptors (Lipinski definition) is 2. The fourth-order valence-electron chi connectivity index (χ4n) is 1.71. The van der Waals surface area contributed by atoms with E-state index < -0.39 is 5.82 Å². The van der Waals surface area contributed by atoms with E-state index in [0.29, 0.717) is 12.2 Å². The standard InChI is InChI=1S/C14H12ClFN2O/c1-2-18-13(8-9-17-18)14(19)7-6-10-11(15)4-3-5-12(10)16/h3-9H,2H2,1H3. The number of carbonyl (C=O) groups is 1. The van der Waals surface area contributed by atoms with Gasteiger partial charge in [0, 0.05) is 18.3 Å². The number of ketones is 1. The number of aromatic nitrogens is 2. The first-order valence-electron chi connectivity index (χ1n) is 5.81. The molecule has 5 heteroatoms. The van der Waals surface area contributed by atoms with Gasteiger partial charge in [0.1, 0.15) is 11.5 Å². The van der Waals surface area contributed by atoms with E-state index in [2.05, 4.69) is 5.10 Å². The predicted molar refractivity (Wildman–Crippen MR) is 72.7 cm³/mol. The molecule has 2 aromatic rings. The lowest BCUT2D eigenvalue weighted by atomic mass is 10.1. The molecule has 19 heavy (non-hydrogen) atoms. The van der Waals surface area contributed by atoms with Gasteiger partial charge in [-0.25, -0.2) is 4.39 Å². The van der Waals surface area contributed by atoms with Crippen LogP contribution in [0.5, 0.6) is 0 Å². The molecule has 0 aliphatic rings. The van der Waals surface area contributed by atoms with Crippen molar-refractivity contribution in [3.8, 4) is 0 Å². The third kappa shape index (κ3) is 2.90. The van der Waals surface area contributed by atoms with Gasteiger partial charge in [-0.3, -0.25) is 9.48 Å². The highest BCUT2D eigenvalue weighted by atomic mass is 35.5. The number of benzene rings is 1. The van der Waals surface area contributed by atoms with Crippen molar-refractivity contribution in [3.63, 3.8) is 0 Å². The van der Waals surface area contributed by atoms with Crippen LogP contribution in [0.1, 0.15) is 23.0 Å². The quantitative estimate of drug-likeness (QED) is 0.633. The monoisotopic (exact) mass is 278 g/mol. The van der Waals surface area contributed by atoms with Crippen LogP contribution in [0.15, 0.2) is 36.5 Å². The van der Waals surface area contributed by atoms with Gasteiger partial charge in [0.25, 0.3) is 0 Å². The van der Waals surface area contributed by atoms with Crippen LogP contribution in [-0.4, -0.2) is 15.6 Å². The molecular weight excluding hydrogens is 267 g/mol. The molecule has 98 valence electrons. The molecule has 0 amide bonds. The van der Waals surface area contributed by atoms with Crippen molar-refractivity contribution >= 4 is 23.5 Å². The van der Waals surface area contributed by atoms with Crippen LogP contribution in [-0.2, 0) is 6.54 Å². The number of allylic oxidation sites excluding steroid dienone is 1. The van der Waals surface area contributed by atoms with E-state index >= 15 is 0 Å². The molecule has 0 aliphatic carbocycles. The van der Waals surface area contributed by atoms with Crippen LogP contribution in [0.2, 0.25) is 5.02 Å². The van der Waals surface area contributed by atoms with Crippen LogP contribution >= 0.6 is 11.6 Å². The summed E-state index contributed by atoms with van der Waals surface area (Å²) >= 11 is 5.88. The maximum absolute atomic E-state index is 13.5. The molecule has 0 fully saturated rings. The molecular formula is C14H12ClFN2O. The first-order valence-corrected chi connectivity index (χ1v) is 6.19. The summed E-state index contributed by atoms with van der Waals surface area (Å²) in [6.07, 6.45) is 4.24. The zero-order chi connectivity index (χ0) is 13.8. The highest BCUT2D eigenvalue weighted by Crippen LogP contribution is 2.20. The Morgan fingerprint density at radius 3 is 2.95 bits per heavy atom. The molecule has 0 unspecified atom stereocenters. The highest BCUT2D eigenvalue weighted by Gasteiger charge is 2.09. The minimum atomic E-state index is -0.458. The van der Waals surface area contributed by atoms with E-state index in [4.69, 9.17) is 11.6 Å². The molecule has 0 spiro atoms. The maximum Gasteiger partial charge on any atom is 0.203 e. The van der Waals surface area contributed by atoms with Crippen LogP contribution in [0.4, 0.5) is 4.39 Å². The summed E-state index contributed by atoms with van der Waals surface area (Å²) in [4.78, 5) is 12.0. The van der Waals surface area contributed by atoms with E-state index in [0.717, 1.165) is 0 Å². The van der Waals surface area contributed by atoms with E-state index in [1.54, 1.807) is 23.0 Å². The Kier molecular flexibility index (Phi) is 4.12. The number of halogens is 2. The van der Waals surface area contributed by atoms with Crippen molar-refractivity contribution in [3.05, 3.63) is 58.6 Å². The second kappa shape index (κ2) is 5.80. The van der Waals surface area contributed by atoms with Gasteiger partial charge >= 0.3 is 0 Å². The maximum atomic E-state index is 13.5. The third-order valence-corrected chi connectivity index (χ3v) is 3.00. The summed E-state index contributed by atoms with van der Waals surface area (Å²) in [5.74, 6) is -0.695. The zero-order valence-electron chi connectivity index (χ0n) is 10.3. The van der Waals surface area contributed by atoms with E-state index in [9.17, 15) is 9.18 Å². The smallest absolute Gasteiger partial charge is 0.203 e. The molecule has 0 saturated carbocycles. The Morgan fingerprint density at radius 2 is 2.26 bits per heavy atom. The minimum Gasteiger partial charge on any atom is -0.288 e. The number of aryl methyl sites for hydroxylation is 1. The van der Waals surface area contributed by atoms with Crippen LogP contribution in [0.25, 0.3) is 6.08 Å². The summed E-state index contributed by atoms with van der Waals surface area (Å²) in [6.45, 7) is 2.49. The van der Waals surface area contributed by atoms with Crippen LogP contribution in [0.3, 0.4) is 0 Å². The molecule has 0 saturated heterocycles. The zero-order valence-corrected chi connectivity index (χ0v) is 11.1. The molecule has 0 aliphatic heterocycles. The summed E-state index contributed by atoms with van der Waals surface area (Å²) < 4.78 is 15.1. The molecule has 0 atom stereocenters. The van der Waals surface area contributed by atoms with Crippen LogP contribution in [0, 0.1) is 5.82 Å². The van der Waals surface area contributed by atoms with Gasteiger partial charge in [0.15, 0.2) is 0 Å². The van der Waals surface area contributed by atoms with Gasteiger partial charge in [-0.05, 0) is 37.3 Å². The average Bonchev–Trinajstić information content (AvgIpc) is 2.86. The molecule has 1 heterocycles. The molecule has 0 bridgehead atoms. The molecule has 2 rings (SSSR count). The van der Waals surface area contributed by atoms with Gasteiger partial charge in [-0.15, -0.1) is 0 Å². The van der Waals surface area contributed by atoms with Crippen molar-refractivity contribution in [2.75, 3.05) is 0 Å². The predicted octanol–water partition coefficient (Wildman–Crippen LogP) is 3.59. The van der Waals surface area contributed by atoms with Gasteiger partial charge in [0.05, 0.1) is 5.02 Å². The number of carbonyl (C=O) groups excluding carboxylic acids is 1. The van der Waals surface area contributed by atoms with Crippen molar-refractivity contribution < 1.29 is 9.18 Å². The van der Waals surface area contributed by atoms with Crippen molar-refractivity contribution in [1.29, 1.82) is 0 Å². The topological polar surface area (TPSA) is 34.9 Å². The summed E-state index contributed by atoms with van der Waals surface area (Å²) in [5, 5.41) is 4.28. The van der Waals surface area contributed by atoms with Gasteiger partial charge in [0.2, 0.25) is 5.78 Å². The van der Waals surface area contributed by atoms with Crippen molar-refractivity contribution in [2.24, 2.45) is 0 Å². The largest absolute Gasteiger partial charge is 0.288 e. The minimum absolute atomic E-state index is 0.208. The fraction of sp³-hybridized carbons (Fsp3) is 0.143. The van der Waals surface area contributed by atoms with Crippen molar-refractivity contribution in [2.45, 2.75) is 13.5 Å². The summed E-state index contributed by atoms with van der Waals surface area (Å²) in [7, 11) is 0. The lowest BCUT2D eigenvalue weighted by Gasteiger charge is -2.01. The summed E-state index contributed by atoms with van der Waals surface area (Å²) in [5.41, 5.74) is 0.672. The molecule has 0 N–H and O–H groups in total. The molecule has 1 aromatic carbocycles. The first kappa shape index (κ1) is 13.5. The highest BCUT2D eigenvalue weighted by molar-refractivity contribution is 6.32. The Morgan fingerprint density at radius 1 is 1.47 bits per heavy atom. The average molecular weight is 279 g/mol. The number of nitrogens with zero attached hydrogens (tertiary/aromatic N) is 2. The Labute approximate surface area is 115 Å². The van der Waals surface area contributed by atoms with Crippen molar-refractivity contribution in [1.82, 2.24) is 9.78 Å². The Balaban J connectivity index is 2.26. The lowest BCUT2D eigenvalue weighted by Crippen LogP contribution is -2.07. The van der Waals surface area contributed by atoms with E-state index in [1.807, 2.05) is 6.92 Å². The van der Waals surface area contributed by atoms with Gasteiger partial charge in [-0.1, -0.05) is 17.7 Å².